The van der Waals surface area contributed by atoms with E-state index in [-0.39, 0.29) is 5.78 Å². The van der Waals surface area contributed by atoms with Gasteiger partial charge in [0.25, 0.3) is 0 Å². The molecule has 2 heteroatoms. The fourth-order valence-corrected chi connectivity index (χ4v) is 1.53. The lowest BCUT2D eigenvalue weighted by molar-refractivity contribution is -0.117. The minimum atomic E-state index is 0.225. The van der Waals surface area contributed by atoms with Crippen molar-refractivity contribution in [1.29, 1.82) is 0 Å². The van der Waals surface area contributed by atoms with Crippen LogP contribution in [0.4, 0.5) is 0 Å². The fraction of sp³-hybridized carbons (Fsp3) is 0.615. The van der Waals surface area contributed by atoms with Crippen molar-refractivity contribution in [2.45, 2.75) is 33.6 Å². The van der Waals surface area contributed by atoms with Gasteiger partial charge in [0.15, 0.2) is 0 Å². The molecule has 0 aromatic rings. The maximum atomic E-state index is 10.8. The first-order chi connectivity index (χ1) is 7.18. The van der Waals surface area contributed by atoms with Crippen molar-refractivity contribution in [2.75, 3.05) is 20.1 Å². The highest BCUT2D eigenvalue weighted by molar-refractivity contribution is 5.77. The molecule has 1 aliphatic rings. The zero-order valence-electron chi connectivity index (χ0n) is 10.4. The molecule has 1 aliphatic carbocycles. The molecular formula is C13H23NO. The second kappa shape index (κ2) is 8.42. The Morgan fingerprint density at radius 2 is 2.07 bits per heavy atom. The zero-order chi connectivity index (χ0) is 11.7. The number of Topliss-reactive ketones (excluding diaryl/α,β-unsaturated/α-hetero) is 1. The van der Waals surface area contributed by atoms with E-state index in [1.54, 1.807) is 6.92 Å². The summed E-state index contributed by atoms with van der Waals surface area (Å²) in [6.07, 6.45) is 8.88. The number of hydrogen-bond donors (Lipinski definition) is 0. The topological polar surface area (TPSA) is 20.3 Å². The molecule has 0 heterocycles. The summed E-state index contributed by atoms with van der Waals surface area (Å²) in [6, 6.07) is 0. The average molecular weight is 209 g/mol. The molecule has 0 saturated heterocycles. The first-order valence-corrected chi connectivity index (χ1v) is 5.72. The third-order valence-corrected chi connectivity index (χ3v) is 2.02. The first-order valence-electron chi connectivity index (χ1n) is 5.72. The molecule has 0 spiro atoms. The number of allylic oxidation sites excluding steroid dienone is 2. The molecule has 2 nitrogen and oxygen atoms in total. The Hall–Kier alpha value is -0.890. The molecule has 0 aliphatic heterocycles. The summed E-state index contributed by atoms with van der Waals surface area (Å²) >= 11 is 0. The van der Waals surface area contributed by atoms with Gasteiger partial charge in [0.05, 0.1) is 6.54 Å². The Morgan fingerprint density at radius 3 is 2.53 bits per heavy atom. The number of carbonyl (C=O) groups is 1. The normalized spacial score (nSPS) is 14.3. The minimum absolute atomic E-state index is 0.225. The van der Waals surface area contributed by atoms with Crippen molar-refractivity contribution >= 4 is 5.78 Å². The van der Waals surface area contributed by atoms with Gasteiger partial charge in [-0.25, -0.2) is 0 Å². The van der Waals surface area contributed by atoms with E-state index in [4.69, 9.17) is 0 Å². The van der Waals surface area contributed by atoms with Gasteiger partial charge in [-0.1, -0.05) is 32.1 Å². The Labute approximate surface area is 93.7 Å². The van der Waals surface area contributed by atoms with Crippen LogP contribution in [0.5, 0.6) is 0 Å². The van der Waals surface area contributed by atoms with E-state index in [0.29, 0.717) is 6.54 Å². The standard InChI is InChI=1S/C11H17NO.C2H6/c1-10(13)8-12(2)9-11-6-4-3-5-7-11;1-2/h4,6-7H,3,5,8-9H2,1-2H3;1-2H3. The van der Waals surface area contributed by atoms with Crippen LogP contribution in [-0.4, -0.2) is 30.8 Å². The van der Waals surface area contributed by atoms with Crippen LogP contribution in [0.2, 0.25) is 0 Å². The molecular weight excluding hydrogens is 186 g/mol. The number of likely N-dealkylation sites (N-methyl/N-ethyl adjacent to an activating group) is 1. The largest absolute Gasteiger partial charge is 0.299 e. The summed E-state index contributed by atoms with van der Waals surface area (Å²) in [7, 11) is 1.98. The Morgan fingerprint density at radius 1 is 1.40 bits per heavy atom. The number of ketones is 1. The third kappa shape index (κ3) is 7.09. The summed E-state index contributed by atoms with van der Waals surface area (Å²) in [5, 5.41) is 0. The van der Waals surface area contributed by atoms with Gasteiger partial charge in [0.1, 0.15) is 5.78 Å². The zero-order valence-corrected chi connectivity index (χ0v) is 10.4. The molecule has 0 amide bonds. The molecule has 0 saturated carbocycles. The van der Waals surface area contributed by atoms with Crippen LogP contribution in [0.25, 0.3) is 0 Å². The van der Waals surface area contributed by atoms with Gasteiger partial charge < -0.3 is 0 Å². The average Bonchev–Trinajstić information content (AvgIpc) is 2.21. The number of rotatable bonds is 4. The van der Waals surface area contributed by atoms with Gasteiger partial charge >= 0.3 is 0 Å². The number of hydrogen-bond acceptors (Lipinski definition) is 2. The molecule has 0 aromatic carbocycles. The van der Waals surface area contributed by atoms with E-state index in [1.165, 1.54) is 5.57 Å². The van der Waals surface area contributed by atoms with E-state index >= 15 is 0 Å². The van der Waals surface area contributed by atoms with Crippen molar-refractivity contribution in [3.8, 4) is 0 Å². The second-order valence-electron chi connectivity index (χ2n) is 3.63. The molecule has 86 valence electrons. The molecule has 0 aromatic heterocycles. The van der Waals surface area contributed by atoms with Crippen molar-refractivity contribution in [1.82, 2.24) is 4.90 Å². The minimum Gasteiger partial charge on any atom is -0.299 e. The summed E-state index contributed by atoms with van der Waals surface area (Å²) in [5.41, 5.74) is 1.33. The van der Waals surface area contributed by atoms with Crippen molar-refractivity contribution < 1.29 is 4.79 Å². The maximum absolute atomic E-state index is 10.8. The SMILES string of the molecule is CC.CC(=O)CN(C)CC1=CCCC=C1. The van der Waals surface area contributed by atoms with Crippen LogP contribution >= 0.6 is 0 Å². The summed E-state index contributed by atoms with van der Waals surface area (Å²) in [6.45, 7) is 7.06. The highest BCUT2D eigenvalue weighted by Gasteiger charge is 2.04. The maximum Gasteiger partial charge on any atom is 0.143 e. The van der Waals surface area contributed by atoms with Crippen molar-refractivity contribution in [3.63, 3.8) is 0 Å². The molecule has 0 fully saturated rings. The highest BCUT2D eigenvalue weighted by Crippen LogP contribution is 2.10. The molecule has 0 unspecified atom stereocenters. The van der Waals surface area contributed by atoms with Gasteiger partial charge in [0.2, 0.25) is 0 Å². The quantitative estimate of drug-likeness (QED) is 0.709. The molecule has 0 radical (unpaired) electrons. The van der Waals surface area contributed by atoms with Crippen molar-refractivity contribution in [2.24, 2.45) is 0 Å². The lowest BCUT2D eigenvalue weighted by atomic mass is 10.1. The van der Waals surface area contributed by atoms with E-state index in [2.05, 4.69) is 18.2 Å². The summed E-state index contributed by atoms with van der Waals surface area (Å²) in [4.78, 5) is 12.9. The molecule has 15 heavy (non-hydrogen) atoms. The monoisotopic (exact) mass is 209 g/mol. The Kier molecular flexibility index (Phi) is 7.92. The van der Waals surface area contributed by atoms with E-state index in [1.807, 2.05) is 25.8 Å². The van der Waals surface area contributed by atoms with Crippen molar-refractivity contribution in [3.05, 3.63) is 23.8 Å². The number of carbonyl (C=O) groups excluding carboxylic acids is 1. The van der Waals surface area contributed by atoms with Crippen LogP contribution in [0.1, 0.15) is 33.6 Å². The van der Waals surface area contributed by atoms with Gasteiger partial charge in [-0.2, -0.15) is 0 Å². The van der Waals surface area contributed by atoms with Gasteiger partial charge in [0, 0.05) is 6.54 Å². The first kappa shape index (κ1) is 14.1. The summed E-state index contributed by atoms with van der Waals surface area (Å²) in [5.74, 6) is 0.225. The van der Waals surface area contributed by atoms with E-state index in [0.717, 1.165) is 19.4 Å². The van der Waals surface area contributed by atoms with Crippen LogP contribution < -0.4 is 0 Å². The van der Waals surface area contributed by atoms with Gasteiger partial charge in [-0.15, -0.1) is 0 Å². The van der Waals surface area contributed by atoms with Gasteiger partial charge in [-0.3, -0.25) is 9.69 Å². The predicted octanol–water partition coefficient (Wildman–Crippen LogP) is 2.81. The fourth-order valence-electron chi connectivity index (χ4n) is 1.53. The van der Waals surface area contributed by atoms with E-state index < -0.39 is 0 Å². The van der Waals surface area contributed by atoms with Crippen LogP contribution in [0.3, 0.4) is 0 Å². The number of nitrogens with zero attached hydrogens (tertiary/aromatic N) is 1. The van der Waals surface area contributed by atoms with Crippen LogP contribution in [-0.2, 0) is 4.79 Å². The lowest BCUT2D eigenvalue weighted by Crippen LogP contribution is -2.26. The highest BCUT2D eigenvalue weighted by atomic mass is 16.1. The molecule has 0 N–H and O–H groups in total. The molecule has 0 atom stereocenters. The lowest BCUT2D eigenvalue weighted by Gasteiger charge is -2.16. The predicted molar refractivity (Wildman–Crippen MR) is 66.0 cm³/mol. The van der Waals surface area contributed by atoms with Crippen LogP contribution in [0.15, 0.2) is 23.8 Å². The smallest absolute Gasteiger partial charge is 0.143 e. The third-order valence-electron chi connectivity index (χ3n) is 2.02. The summed E-state index contributed by atoms with van der Waals surface area (Å²) < 4.78 is 0. The van der Waals surface area contributed by atoms with Crippen LogP contribution in [0, 0.1) is 0 Å². The second-order valence-corrected chi connectivity index (χ2v) is 3.63. The Balaban J connectivity index is 0.000000921. The molecule has 1 rings (SSSR count). The van der Waals surface area contributed by atoms with E-state index in [9.17, 15) is 4.79 Å². The Bertz CT molecular complexity index is 241. The van der Waals surface area contributed by atoms with Gasteiger partial charge in [-0.05, 0) is 32.4 Å². The molecule has 0 bridgehead atoms.